The number of fused-ring (bicyclic) bond motifs is 2. The molecule has 2 saturated carbocycles. The van der Waals surface area contributed by atoms with Crippen LogP contribution in [0.25, 0.3) is 10.9 Å². The third-order valence-corrected chi connectivity index (χ3v) is 7.12. The van der Waals surface area contributed by atoms with Gasteiger partial charge in [0, 0.05) is 21.7 Å². The summed E-state index contributed by atoms with van der Waals surface area (Å²) in [5, 5.41) is 5.39. The standard InChI is InChI=1S/C24H23Cl2N3O2/c1-2-20(29-23(30)13-3-5-14(25)6-4-13)22-18-10-16(11-19(18)22)31-24-17-8-7-15(26)9-21(17)27-12-28-24/h3-9,12,16,18-20,22H,2,10-11H2,1H3,(H,29,30)/t16?,18-,19-,20-,22?/m0/s1. The van der Waals surface area contributed by atoms with Crippen molar-refractivity contribution in [2.45, 2.75) is 38.3 Å². The average Bonchev–Trinajstić information content (AvgIpc) is 3.25. The zero-order valence-corrected chi connectivity index (χ0v) is 18.6. The first kappa shape index (κ1) is 20.5. The second kappa shape index (κ2) is 8.29. The van der Waals surface area contributed by atoms with E-state index in [1.54, 1.807) is 24.3 Å². The Balaban J connectivity index is 1.20. The number of hydrogen-bond donors (Lipinski definition) is 1. The number of nitrogens with one attached hydrogen (secondary N) is 1. The maximum atomic E-state index is 12.6. The van der Waals surface area contributed by atoms with E-state index in [-0.39, 0.29) is 18.1 Å². The molecule has 160 valence electrons. The summed E-state index contributed by atoms with van der Waals surface area (Å²) in [5.74, 6) is 2.27. The van der Waals surface area contributed by atoms with E-state index in [0.29, 0.717) is 39.2 Å². The van der Waals surface area contributed by atoms with Crippen molar-refractivity contribution in [3.05, 3.63) is 64.4 Å². The summed E-state index contributed by atoms with van der Waals surface area (Å²) in [4.78, 5) is 21.3. The van der Waals surface area contributed by atoms with E-state index in [9.17, 15) is 4.79 Å². The highest BCUT2D eigenvalue weighted by Gasteiger charge is 2.59. The molecule has 1 aromatic heterocycles. The van der Waals surface area contributed by atoms with Crippen LogP contribution < -0.4 is 10.1 Å². The molecule has 31 heavy (non-hydrogen) atoms. The number of benzene rings is 2. The van der Waals surface area contributed by atoms with Gasteiger partial charge in [-0.3, -0.25) is 4.79 Å². The summed E-state index contributed by atoms with van der Waals surface area (Å²) < 4.78 is 6.26. The van der Waals surface area contributed by atoms with Crippen molar-refractivity contribution < 1.29 is 9.53 Å². The van der Waals surface area contributed by atoms with Crippen LogP contribution in [0.1, 0.15) is 36.5 Å². The highest BCUT2D eigenvalue weighted by molar-refractivity contribution is 6.31. The van der Waals surface area contributed by atoms with Gasteiger partial charge in [0.05, 0.1) is 10.9 Å². The van der Waals surface area contributed by atoms with E-state index in [0.717, 1.165) is 30.2 Å². The second-order valence-corrected chi connectivity index (χ2v) is 9.32. The maximum Gasteiger partial charge on any atom is 0.251 e. The number of hydrogen-bond acceptors (Lipinski definition) is 4. The predicted octanol–water partition coefficient (Wildman–Crippen LogP) is 5.55. The lowest BCUT2D eigenvalue weighted by Crippen LogP contribution is -2.37. The Morgan fingerprint density at radius 2 is 1.81 bits per heavy atom. The summed E-state index contributed by atoms with van der Waals surface area (Å²) in [6.45, 7) is 2.13. The molecule has 1 heterocycles. The van der Waals surface area contributed by atoms with Gasteiger partial charge in [0.15, 0.2) is 0 Å². The smallest absolute Gasteiger partial charge is 0.251 e. The molecular weight excluding hydrogens is 433 g/mol. The molecule has 1 N–H and O–H groups in total. The molecule has 1 amide bonds. The molecule has 2 aliphatic carbocycles. The van der Waals surface area contributed by atoms with Gasteiger partial charge in [0.1, 0.15) is 12.4 Å². The van der Waals surface area contributed by atoms with Gasteiger partial charge in [-0.05, 0) is 79.5 Å². The molecular formula is C24H23Cl2N3O2. The summed E-state index contributed by atoms with van der Waals surface area (Å²) in [7, 11) is 0. The van der Waals surface area contributed by atoms with E-state index in [1.807, 2.05) is 18.2 Å². The minimum Gasteiger partial charge on any atom is -0.474 e. The first-order chi connectivity index (χ1) is 15.0. The van der Waals surface area contributed by atoms with Crippen molar-refractivity contribution in [3.63, 3.8) is 0 Å². The van der Waals surface area contributed by atoms with Gasteiger partial charge in [-0.25, -0.2) is 9.97 Å². The quantitative estimate of drug-likeness (QED) is 0.529. The molecule has 5 rings (SSSR count). The number of rotatable bonds is 6. The number of ether oxygens (including phenoxy) is 1. The minimum absolute atomic E-state index is 0.0348. The topological polar surface area (TPSA) is 64.1 Å². The van der Waals surface area contributed by atoms with Gasteiger partial charge in [-0.2, -0.15) is 0 Å². The maximum absolute atomic E-state index is 12.6. The highest BCUT2D eigenvalue weighted by atomic mass is 35.5. The van der Waals surface area contributed by atoms with Crippen molar-refractivity contribution in [1.82, 2.24) is 15.3 Å². The second-order valence-electron chi connectivity index (χ2n) is 8.45. The Kier molecular flexibility index (Phi) is 5.49. The van der Waals surface area contributed by atoms with Gasteiger partial charge in [-0.1, -0.05) is 30.1 Å². The molecule has 3 atom stereocenters. The Labute approximate surface area is 191 Å². The first-order valence-electron chi connectivity index (χ1n) is 10.7. The normalized spacial score (nSPS) is 23.4. The fourth-order valence-electron chi connectivity index (χ4n) is 5.12. The third-order valence-electron chi connectivity index (χ3n) is 6.64. The molecule has 0 aliphatic heterocycles. The molecule has 5 nitrogen and oxygen atoms in total. The van der Waals surface area contributed by atoms with Gasteiger partial charge in [-0.15, -0.1) is 0 Å². The van der Waals surface area contributed by atoms with Crippen LogP contribution in [0.2, 0.25) is 10.0 Å². The van der Waals surface area contributed by atoms with Crippen molar-refractivity contribution in [1.29, 1.82) is 0 Å². The van der Waals surface area contributed by atoms with Crippen LogP contribution in [-0.2, 0) is 0 Å². The number of carbonyl (C=O) groups excluding carboxylic acids is 1. The van der Waals surface area contributed by atoms with Crippen molar-refractivity contribution in [2.75, 3.05) is 0 Å². The number of carbonyl (C=O) groups is 1. The third kappa shape index (κ3) is 4.09. The number of aromatic nitrogens is 2. The van der Waals surface area contributed by atoms with Crippen LogP contribution in [0.3, 0.4) is 0 Å². The van der Waals surface area contributed by atoms with E-state index in [4.69, 9.17) is 27.9 Å². The summed E-state index contributed by atoms with van der Waals surface area (Å²) >= 11 is 12.0. The monoisotopic (exact) mass is 455 g/mol. The van der Waals surface area contributed by atoms with Crippen molar-refractivity contribution >= 4 is 40.0 Å². The summed E-state index contributed by atoms with van der Waals surface area (Å²) in [6.07, 6.45) is 4.55. The van der Waals surface area contributed by atoms with Crippen LogP contribution in [0.15, 0.2) is 48.8 Å². The molecule has 2 aliphatic rings. The predicted molar refractivity (Wildman–Crippen MR) is 122 cm³/mol. The van der Waals surface area contributed by atoms with E-state index in [1.165, 1.54) is 6.33 Å². The van der Waals surface area contributed by atoms with Gasteiger partial charge >= 0.3 is 0 Å². The zero-order chi connectivity index (χ0) is 21.5. The number of nitrogens with zero attached hydrogens (tertiary/aromatic N) is 2. The summed E-state index contributed by atoms with van der Waals surface area (Å²) in [6, 6.07) is 12.8. The van der Waals surface area contributed by atoms with Crippen molar-refractivity contribution in [3.8, 4) is 5.88 Å². The largest absolute Gasteiger partial charge is 0.474 e. The molecule has 0 spiro atoms. The Hall–Kier alpha value is -2.37. The van der Waals surface area contributed by atoms with E-state index >= 15 is 0 Å². The molecule has 0 saturated heterocycles. The van der Waals surface area contributed by atoms with Gasteiger partial charge < -0.3 is 10.1 Å². The fourth-order valence-corrected chi connectivity index (χ4v) is 5.41. The molecule has 2 fully saturated rings. The van der Waals surface area contributed by atoms with Crippen LogP contribution in [0, 0.1) is 17.8 Å². The number of halogens is 2. The Morgan fingerprint density at radius 1 is 1.10 bits per heavy atom. The molecule has 0 bridgehead atoms. The lowest BCUT2D eigenvalue weighted by Gasteiger charge is -2.22. The lowest BCUT2D eigenvalue weighted by molar-refractivity contribution is 0.0924. The molecule has 7 heteroatoms. The van der Waals surface area contributed by atoms with Crippen molar-refractivity contribution in [2.24, 2.45) is 17.8 Å². The summed E-state index contributed by atoms with van der Waals surface area (Å²) in [5.41, 5.74) is 1.43. The van der Waals surface area contributed by atoms with Crippen LogP contribution in [-0.4, -0.2) is 28.0 Å². The van der Waals surface area contributed by atoms with Crippen LogP contribution >= 0.6 is 23.2 Å². The van der Waals surface area contributed by atoms with Gasteiger partial charge in [0.25, 0.3) is 5.91 Å². The van der Waals surface area contributed by atoms with E-state index in [2.05, 4.69) is 22.2 Å². The molecule has 3 aromatic rings. The Morgan fingerprint density at radius 3 is 2.52 bits per heavy atom. The fraction of sp³-hybridized carbons (Fsp3) is 0.375. The SMILES string of the molecule is CC[C@H](NC(=O)c1ccc(Cl)cc1)C1[C@H]2CC(Oc3ncnc4cc(Cl)ccc34)C[C@H]12. The van der Waals surface area contributed by atoms with Gasteiger partial charge in [0.2, 0.25) is 5.88 Å². The highest BCUT2D eigenvalue weighted by Crippen LogP contribution is 2.60. The number of amides is 1. The molecule has 2 aromatic carbocycles. The first-order valence-corrected chi connectivity index (χ1v) is 11.4. The zero-order valence-electron chi connectivity index (χ0n) is 17.1. The van der Waals surface area contributed by atoms with Crippen LogP contribution in [0.5, 0.6) is 5.88 Å². The Bertz CT molecular complexity index is 1110. The molecule has 0 radical (unpaired) electrons. The lowest BCUT2D eigenvalue weighted by atomic mass is 10.00. The van der Waals surface area contributed by atoms with E-state index < -0.39 is 0 Å². The van der Waals surface area contributed by atoms with Crippen LogP contribution in [0.4, 0.5) is 0 Å². The minimum atomic E-state index is -0.0348. The molecule has 0 unspecified atom stereocenters. The average molecular weight is 456 g/mol.